The number of amides is 1. The number of carbonyl (C=O) groups is 1. The average Bonchev–Trinajstić information content (AvgIpc) is 2.25. The van der Waals surface area contributed by atoms with Crippen molar-refractivity contribution in [2.24, 2.45) is 17.3 Å². The van der Waals surface area contributed by atoms with E-state index in [1.165, 1.54) is 32.1 Å². The van der Waals surface area contributed by atoms with E-state index in [-0.39, 0.29) is 11.3 Å². The molecule has 1 amide bonds. The number of rotatable bonds is 5. The molecule has 2 N–H and O–H groups in total. The lowest BCUT2D eigenvalue weighted by Crippen LogP contribution is -2.42. The zero-order chi connectivity index (χ0) is 13.0. The van der Waals surface area contributed by atoms with Crippen LogP contribution in [0.25, 0.3) is 0 Å². The van der Waals surface area contributed by atoms with E-state index in [0.717, 1.165) is 25.6 Å². The molecule has 0 bridgehead atoms. The Morgan fingerprint density at radius 2 is 2.06 bits per heavy atom. The van der Waals surface area contributed by atoms with E-state index in [9.17, 15) is 4.79 Å². The van der Waals surface area contributed by atoms with Crippen LogP contribution < -0.4 is 10.6 Å². The summed E-state index contributed by atoms with van der Waals surface area (Å²) in [6.07, 6.45) is 7.17. The third kappa shape index (κ3) is 3.71. The Bertz CT molecular complexity index is 278. The van der Waals surface area contributed by atoms with E-state index in [4.69, 9.17) is 0 Å². The topological polar surface area (TPSA) is 41.1 Å². The zero-order valence-electron chi connectivity index (χ0n) is 11.9. The lowest BCUT2D eigenvalue weighted by molar-refractivity contribution is -0.122. The summed E-state index contributed by atoms with van der Waals surface area (Å²) >= 11 is 0. The minimum absolute atomic E-state index is 0.246. The van der Waals surface area contributed by atoms with Gasteiger partial charge >= 0.3 is 0 Å². The Balaban J connectivity index is 1.67. The standard InChI is InChI=1S/C15H28N2O/c1-15(2,13-6-3-7-13)11-17-14(18)9-12-5-4-8-16-10-12/h12-13,16H,3-11H2,1-2H3,(H,17,18). The maximum absolute atomic E-state index is 11.9. The minimum Gasteiger partial charge on any atom is -0.356 e. The Morgan fingerprint density at radius 1 is 1.28 bits per heavy atom. The van der Waals surface area contributed by atoms with Crippen LogP contribution in [0.3, 0.4) is 0 Å². The summed E-state index contributed by atoms with van der Waals surface area (Å²) in [5, 5.41) is 6.52. The van der Waals surface area contributed by atoms with Crippen LogP contribution in [0.4, 0.5) is 0 Å². The normalized spacial score (nSPS) is 25.6. The van der Waals surface area contributed by atoms with Crippen LogP contribution in [0.2, 0.25) is 0 Å². The van der Waals surface area contributed by atoms with Gasteiger partial charge in [-0.2, -0.15) is 0 Å². The van der Waals surface area contributed by atoms with E-state index in [0.29, 0.717) is 12.3 Å². The van der Waals surface area contributed by atoms with Crippen molar-refractivity contribution < 1.29 is 4.79 Å². The Kier molecular flexibility index (Phi) is 4.66. The Morgan fingerprint density at radius 3 is 2.61 bits per heavy atom. The first-order chi connectivity index (χ1) is 8.58. The zero-order valence-corrected chi connectivity index (χ0v) is 11.9. The molecule has 1 saturated carbocycles. The maximum atomic E-state index is 11.9. The Labute approximate surface area is 111 Å². The third-order valence-electron chi connectivity index (χ3n) is 4.82. The van der Waals surface area contributed by atoms with Crippen LogP contribution >= 0.6 is 0 Å². The van der Waals surface area contributed by atoms with E-state index in [2.05, 4.69) is 24.5 Å². The van der Waals surface area contributed by atoms with Gasteiger partial charge in [0, 0.05) is 13.0 Å². The van der Waals surface area contributed by atoms with Crippen LogP contribution in [0, 0.1) is 17.3 Å². The Hall–Kier alpha value is -0.570. The second-order valence-electron chi connectivity index (χ2n) is 6.81. The van der Waals surface area contributed by atoms with Gasteiger partial charge in [0.15, 0.2) is 0 Å². The fourth-order valence-electron chi connectivity index (χ4n) is 3.09. The predicted molar refractivity (Wildman–Crippen MR) is 74.3 cm³/mol. The van der Waals surface area contributed by atoms with E-state index >= 15 is 0 Å². The van der Waals surface area contributed by atoms with Crippen LogP contribution in [0.5, 0.6) is 0 Å². The molecule has 2 fully saturated rings. The summed E-state index contributed by atoms with van der Waals surface area (Å²) in [5.41, 5.74) is 0.277. The molecule has 2 rings (SSSR count). The highest BCUT2D eigenvalue weighted by atomic mass is 16.1. The molecule has 104 valence electrons. The van der Waals surface area contributed by atoms with E-state index in [1.54, 1.807) is 0 Å². The minimum atomic E-state index is 0.246. The molecule has 0 radical (unpaired) electrons. The van der Waals surface area contributed by atoms with Crippen LogP contribution in [-0.2, 0) is 4.79 Å². The molecule has 1 unspecified atom stereocenters. The average molecular weight is 252 g/mol. The number of nitrogens with one attached hydrogen (secondary N) is 2. The molecule has 1 heterocycles. The molecule has 1 saturated heterocycles. The molecule has 3 heteroatoms. The molecular weight excluding hydrogens is 224 g/mol. The predicted octanol–water partition coefficient (Wildman–Crippen LogP) is 2.32. The highest BCUT2D eigenvalue weighted by molar-refractivity contribution is 5.76. The first-order valence-electron chi connectivity index (χ1n) is 7.55. The van der Waals surface area contributed by atoms with Gasteiger partial charge in [0.2, 0.25) is 5.91 Å². The van der Waals surface area contributed by atoms with Crippen molar-refractivity contribution in [3.63, 3.8) is 0 Å². The fraction of sp³-hybridized carbons (Fsp3) is 0.933. The number of piperidine rings is 1. The molecule has 3 nitrogen and oxygen atoms in total. The first-order valence-corrected chi connectivity index (χ1v) is 7.55. The van der Waals surface area contributed by atoms with Gasteiger partial charge in [-0.1, -0.05) is 20.3 Å². The molecule has 0 aromatic carbocycles. The van der Waals surface area contributed by atoms with Crippen LogP contribution in [0.15, 0.2) is 0 Å². The summed E-state index contributed by atoms with van der Waals surface area (Å²) < 4.78 is 0. The molecule has 0 aromatic heterocycles. The highest BCUT2D eigenvalue weighted by Crippen LogP contribution is 2.41. The number of hydrogen-bond donors (Lipinski definition) is 2. The summed E-state index contributed by atoms with van der Waals surface area (Å²) in [4.78, 5) is 11.9. The van der Waals surface area contributed by atoms with Crippen molar-refractivity contribution in [2.45, 2.75) is 52.4 Å². The first kappa shape index (κ1) is 13.9. The van der Waals surface area contributed by atoms with E-state index < -0.39 is 0 Å². The van der Waals surface area contributed by atoms with Gasteiger partial charge in [0.1, 0.15) is 0 Å². The van der Waals surface area contributed by atoms with Gasteiger partial charge in [-0.25, -0.2) is 0 Å². The molecule has 18 heavy (non-hydrogen) atoms. The van der Waals surface area contributed by atoms with Crippen molar-refractivity contribution in [1.82, 2.24) is 10.6 Å². The van der Waals surface area contributed by atoms with Crippen molar-refractivity contribution in [2.75, 3.05) is 19.6 Å². The van der Waals surface area contributed by atoms with Gasteiger partial charge in [-0.3, -0.25) is 4.79 Å². The summed E-state index contributed by atoms with van der Waals surface area (Å²) in [5.74, 6) is 1.61. The lowest BCUT2D eigenvalue weighted by Gasteiger charge is -2.40. The van der Waals surface area contributed by atoms with Crippen molar-refractivity contribution in [1.29, 1.82) is 0 Å². The molecule has 0 spiro atoms. The molecular formula is C15H28N2O. The molecule has 1 atom stereocenters. The summed E-state index contributed by atoms with van der Waals surface area (Å²) in [6.45, 7) is 7.56. The molecule has 1 aliphatic heterocycles. The van der Waals surface area contributed by atoms with Crippen LogP contribution in [-0.4, -0.2) is 25.5 Å². The summed E-state index contributed by atoms with van der Waals surface area (Å²) in [6, 6.07) is 0. The van der Waals surface area contributed by atoms with Crippen LogP contribution in [0.1, 0.15) is 52.4 Å². The lowest BCUT2D eigenvalue weighted by atomic mass is 9.67. The number of carbonyl (C=O) groups excluding carboxylic acids is 1. The van der Waals surface area contributed by atoms with Crippen molar-refractivity contribution in [3.8, 4) is 0 Å². The van der Waals surface area contributed by atoms with E-state index in [1.807, 2.05) is 0 Å². The number of hydrogen-bond acceptors (Lipinski definition) is 2. The second-order valence-corrected chi connectivity index (χ2v) is 6.81. The van der Waals surface area contributed by atoms with Gasteiger partial charge in [-0.15, -0.1) is 0 Å². The largest absolute Gasteiger partial charge is 0.356 e. The smallest absolute Gasteiger partial charge is 0.220 e. The maximum Gasteiger partial charge on any atom is 0.220 e. The summed E-state index contributed by atoms with van der Waals surface area (Å²) in [7, 11) is 0. The van der Waals surface area contributed by atoms with Gasteiger partial charge in [0.25, 0.3) is 0 Å². The van der Waals surface area contributed by atoms with Gasteiger partial charge in [-0.05, 0) is 56.0 Å². The molecule has 2 aliphatic rings. The van der Waals surface area contributed by atoms with Gasteiger partial charge in [0.05, 0.1) is 0 Å². The molecule has 0 aromatic rings. The second kappa shape index (κ2) is 6.05. The third-order valence-corrected chi connectivity index (χ3v) is 4.82. The highest BCUT2D eigenvalue weighted by Gasteiger charge is 2.34. The monoisotopic (exact) mass is 252 g/mol. The van der Waals surface area contributed by atoms with Crippen molar-refractivity contribution in [3.05, 3.63) is 0 Å². The fourth-order valence-corrected chi connectivity index (χ4v) is 3.09. The molecule has 1 aliphatic carbocycles. The quantitative estimate of drug-likeness (QED) is 0.788. The SMILES string of the molecule is CC(C)(CNC(=O)CC1CCCNC1)C1CCC1. The van der Waals surface area contributed by atoms with Crippen molar-refractivity contribution >= 4 is 5.91 Å². The van der Waals surface area contributed by atoms with Gasteiger partial charge < -0.3 is 10.6 Å².